The van der Waals surface area contributed by atoms with Gasteiger partial charge in [0.2, 0.25) is 5.95 Å². The molecule has 0 radical (unpaired) electrons. The van der Waals surface area contributed by atoms with Gasteiger partial charge in [0.05, 0.1) is 17.3 Å². The predicted molar refractivity (Wildman–Crippen MR) is 81.3 cm³/mol. The third-order valence-electron chi connectivity index (χ3n) is 2.77. The fourth-order valence-corrected chi connectivity index (χ4v) is 2.39. The number of nitrogens with zero attached hydrogens (tertiary/aromatic N) is 2. The maximum absolute atomic E-state index is 5.25. The molecule has 0 bridgehead atoms. The molecule has 5 heteroatoms. The van der Waals surface area contributed by atoms with Gasteiger partial charge in [-0.2, -0.15) is 0 Å². The highest BCUT2D eigenvalue weighted by atomic mass is 79.9. The summed E-state index contributed by atoms with van der Waals surface area (Å²) in [7, 11) is 1.66. The third kappa shape index (κ3) is 3.10. The lowest BCUT2D eigenvalue weighted by Gasteiger charge is -2.11. The lowest BCUT2D eigenvalue weighted by molar-refractivity contribution is 0.412. The molecule has 0 aliphatic carbocycles. The summed E-state index contributed by atoms with van der Waals surface area (Å²) < 4.78 is 8.23. The van der Waals surface area contributed by atoms with Gasteiger partial charge >= 0.3 is 0 Å². The largest absolute Gasteiger partial charge is 0.496 e. The normalized spacial score (nSPS) is 10.5. The van der Waals surface area contributed by atoms with E-state index in [1.165, 1.54) is 0 Å². The number of rotatable bonds is 5. The number of benzene rings is 1. The molecule has 0 spiro atoms. The summed E-state index contributed by atoms with van der Waals surface area (Å²) in [5.74, 6) is 1.69. The van der Waals surface area contributed by atoms with Crippen LogP contribution in [0.4, 0.5) is 5.95 Å². The van der Waals surface area contributed by atoms with Gasteiger partial charge in [-0.05, 0) is 47.5 Å². The van der Waals surface area contributed by atoms with E-state index < -0.39 is 0 Å². The molecule has 0 saturated heterocycles. The van der Waals surface area contributed by atoms with E-state index in [2.05, 4.69) is 37.7 Å². The van der Waals surface area contributed by atoms with E-state index in [0.717, 1.165) is 40.5 Å². The molecule has 2 aromatic rings. The molecule has 19 heavy (non-hydrogen) atoms. The number of ether oxygens (including phenoxy) is 1. The van der Waals surface area contributed by atoms with Gasteiger partial charge in [-0.15, -0.1) is 0 Å². The second-order valence-electron chi connectivity index (χ2n) is 4.32. The molecular formula is C14H18BrN3O. The Labute approximate surface area is 121 Å². The van der Waals surface area contributed by atoms with Gasteiger partial charge in [0.25, 0.3) is 0 Å². The number of imidazole rings is 1. The number of anilines is 1. The Morgan fingerprint density at radius 1 is 1.42 bits per heavy atom. The Bertz CT molecular complexity index is 566. The molecule has 1 aromatic heterocycles. The van der Waals surface area contributed by atoms with Gasteiger partial charge in [0.15, 0.2) is 0 Å². The Morgan fingerprint density at radius 3 is 2.84 bits per heavy atom. The first-order valence-electron chi connectivity index (χ1n) is 6.29. The van der Waals surface area contributed by atoms with Gasteiger partial charge in [0, 0.05) is 18.4 Å². The minimum Gasteiger partial charge on any atom is -0.496 e. The summed E-state index contributed by atoms with van der Waals surface area (Å²) in [6, 6.07) is 5.98. The van der Waals surface area contributed by atoms with E-state index in [9.17, 15) is 0 Å². The first-order chi connectivity index (χ1) is 9.15. The van der Waals surface area contributed by atoms with Crippen molar-refractivity contribution in [1.29, 1.82) is 0 Å². The molecular weight excluding hydrogens is 306 g/mol. The highest BCUT2D eigenvalue weighted by Gasteiger charge is 2.09. The Balaban J connectivity index is 2.37. The molecule has 2 rings (SSSR count). The second-order valence-corrected chi connectivity index (χ2v) is 5.18. The van der Waals surface area contributed by atoms with E-state index >= 15 is 0 Å². The minimum atomic E-state index is 0.823. The Hall–Kier alpha value is -1.49. The molecule has 0 saturated carbocycles. The van der Waals surface area contributed by atoms with E-state index in [0.29, 0.717) is 0 Å². The van der Waals surface area contributed by atoms with Gasteiger partial charge in [-0.25, -0.2) is 4.98 Å². The topological polar surface area (TPSA) is 39.1 Å². The van der Waals surface area contributed by atoms with Crippen molar-refractivity contribution in [1.82, 2.24) is 9.55 Å². The van der Waals surface area contributed by atoms with Crippen LogP contribution in [0.2, 0.25) is 0 Å². The molecule has 4 nitrogen and oxygen atoms in total. The third-order valence-corrected chi connectivity index (χ3v) is 3.39. The zero-order chi connectivity index (χ0) is 13.8. The van der Waals surface area contributed by atoms with Crippen LogP contribution < -0.4 is 10.1 Å². The molecule has 0 atom stereocenters. The van der Waals surface area contributed by atoms with Crippen LogP contribution in [0.15, 0.2) is 28.9 Å². The van der Waals surface area contributed by atoms with Crippen LogP contribution in [0.1, 0.15) is 19.0 Å². The molecule has 0 aliphatic rings. The standard InChI is InChI=1S/C14H18BrN3O/c1-4-7-16-14-17-10(2)9-18(14)11-5-6-13(19-3)12(15)8-11/h5-6,8-9H,4,7H2,1-3H3,(H,16,17). The molecule has 1 aromatic carbocycles. The highest BCUT2D eigenvalue weighted by Crippen LogP contribution is 2.28. The van der Waals surface area contributed by atoms with Crippen molar-refractivity contribution in [2.45, 2.75) is 20.3 Å². The summed E-state index contributed by atoms with van der Waals surface area (Å²) in [6.07, 6.45) is 3.09. The monoisotopic (exact) mass is 323 g/mol. The van der Waals surface area contributed by atoms with Crippen molar-refractivity contribution in [2.24, 2.45) is 0 Å². The second kappa shape index (κ2) is 6.10. The average Bonchev–Trinajstić information content (AvgIpc) is 2.77. The molecule has 1 N–H and O–H groups in total. The van der Waals surface area contributed by atoms with E-state index in [4.69, 9.17) is 4.74 Å². The summed E-state index contributed by atoms with van der Waals surface area (Å²) in [5.41, 5.74) is 2.04. The van der Waals surface area contributed by atoms with Gasteiger partial charge in [-0.1, -0.05) is 6.92 Å². The number of aromatic nitrogens is 2. The Morgan fingerprint density at radius 2 is 2.21 bits per heavy atom. The number of hydrogen-bond acceptors (Lipinski definition) is 3. The smallest absolute Gasteiger partial charge is 0.207 e. The predicted octanol–water partition coefficient (Wildman–Crippen LogP) is 3.77. The number of hydrogen-bond donors (Lipinski definition) is 1. The van der Waals surface area contributed by atoms with E-state index in [1.54, 1.807) is 7.11 Å². The maximum Gasteiger partial charge on any atom is 0.207 e. The lowest BCUT2D eigenvalue weighted by Crippen LogP contribution is -2.06. The first-order valence-corrected chi connectivity index (χ1v) is 7.08. The number of nitrogens with one attached hydrogen (secondary N) is 1. The fraction of sp³-hybridized carbons (Fsp3) is 0.357. The molecule has 0 fully saturated rings. The molecule has 0 amide bonds. The highest BCUT2D eigenvalue weighted by molar-refractivity contribution is 9.10. The maximum atomic E-state index is 5.25. The van der Waals surface area contributed by atoms with Gasteiger partial charge in [-0.3, -0.25) is 4.57 Å². The van der Waals surface area contributed by atoms with Crippen molar-refractivity contribution in [3.63, 3.8) is 0 Å². The van der Waals surface area contributed by atoms with Crippen LogP contribution in [-0.2, 0) is 0 Å². The van der Waals surface area contributed by atoms with Crippen LogP contribution in [0.5, 0.6) is 5.75 Å². The summed E-state index contributed by atoms with van der Waals surface area (Å²) >= 11 is 3.51. The van der Waals surface area contributed by atoms with Crippen molar-refractivity contribution in [3.8, 4) is 11.4 Å². The minimum absolute atomic E-state index is 0.823. The van der Waals surface area contributed by atoms with E-state index in [1.807, 2.05) is 31.3 Å². The zero-order valence-corrected chi connectivity index (χ0v) is 13.0. The number of halogens is 1. The molecule has 1 heterocycles. The molecule has 0 aliphatic heterocycles. The van der Waals surface area contributed by atoms with Crippen molar-refractivity contribution < 1.29 is 4.74 Å². The van der Waals surface area contributed by atoms with Crippen LogP contribution in [0.3, 0.4) is 0 Å². The van der Waals surface area contributed by atoms with Gasteiger partial charge < -0.3 is 10.1 Å². The SMILES string of the molecule is CCCNc1nc(C)cn1-c1ccc(OC)c(Br)c1. The summed E-state index contributed by atoms with van der Waals surface area (Å²) in [6.45, 7) is 5.04. The fourth-order valence-electron chi connectivity index (χ4n) is 1.86. The van der Waals surface area contributed by atoms with E-state index in [-0.39, 0.29) is 0 Å². The van der Waals surface area contributed by atoms with Crippen LogP contribution in [-0.4, -0.2) is 23.2 Å². The zero-order valence-electron chi connectivity index (χ0n) is 11.4. The molecule has 0 unspecified atom stereocenters. The lowest BCUT2D eigenvalue weighted by atomic mass is 10.3. The van der Waals surface area contributed by atoms with Gasteiger partial charge in [0.1, 0.15) is 5.75 Å². The number of methoxy groups -OCH3 is 1. The average molecular weight is 324 g/mol. The summed E-state index contributed by atoms with van der Waals surface area (Å²) in [5, 5.41) is 3.34. The quantitative estimate of drug-likeness (QED) is 0.910. The molecule has 102 valence electrons. The van der Waals surface area contributed by atoms with Crippen LogP contribution in [0, 0.1) is 6.92 Å². The first kappa shape index (κ1) is 13.9. The van der Waals surface area contributed by atoms with Crippen molar-refractivity contribution in [3.05, 3.63) is 34.6 Å². The van der Waals surface area contributed by atoms with Crippen LogP contribution in [0.25, 0.3) is 5.69 Å². The summed E-state index contributed by atoms with van der Waals surface area (Å²) in [4.78, 5) is 4.50. The van der Waals surface area contributed by atoms with Crippen molar-refractivity contribution >= 4 is 21.9 Å². The van der Waals surface area contributed by atoms with Crippen LogP contribution >= 0.6 is 15.9 Å². The Kier molecular flexibility index (Phi) is 4.47. The number of aryl methyl sites for hydroxylation is 1. The van der Waals surface area contributed by atoms with Crippen molar-refractivity contribution in [2.75, 3.05) is 19.0 Å².